The minimum absolute atomic E-state index is 0.338. The van der Waals surface area contributed by atoms with Crippen LogP contribution in [0.4, 0.5) is 10.5 Å². The number of anilines is 1. The molecule has 1 aromatic rings. The Morgan fingerprint density at radius 2 is 1.96 bits per heavy atom. The summed E-state index contributed by atoms with van der Waals surface area (Å²) in [5, 5.41) is 13.4. The van der Waals surface area contributed by atoms with E-state index in [2.05, 4.69) is 5.32 Å². The van der Waals surface area contributed by atoms with E-state index in [1.165, 1.54) is 19.3 Å². The topological polar surface area (TPSA) is 67.8 Å². The summed E-state index contributed by atoms with van der Waals surface area (Å²) in [6.07, 6.45) is 5.40. The van der Waals surface area contributed by atoms with Gasteiger partial charge < -0.3 is 14.6 Å². The van der Waals surface area contributed by atoms with Crippen LogP contribution in [-0.2, 0) is 11.2 Å². The molecule has 0 bridgehead atoms. The van der Waals surface area contributed by atoms with Gasteiger partial charge in [0.1, 0.15) is 11.4 Å². The highest BCUT2D eigenvalue weighted by Gasteiger charge is 2.24. The van der Waals surface area contributed by atoms with Crippen LogP contribution in [0.25, 0.3) is 0 Å². The van der Waals surface area contributed by atoms with Gasteiger partial charge in [-0.3, -0.25) is 5.32 Å². The van der Waals surface area contributed by atoms with Crippen LogP contribution in [0, 0.1) is 5.92 Å². The van der Waals surface area contributed by atoms with Crippen LogP contribution < -0.4 is 10.1 Å². The molecule has 5 nitrogen and oxygen atoms in total. The Labute approximate surface area is 150 Å². The molecule has 0 saturated heterocycles. The summed E-state index contributed by atoms with van der Waals surface area (Å²) in [6, 6.07) is 5.52. The Hall–Kier alpha value is -1.75. The predicted octanol–water partition coefficient (Wildman–Crippen LogP) is 4.53. The van der Waals surface area contributed by atoms with Gasteiger partial charge in [0.05, 0.1) is 18.9 Å². The third kappa shape index (κ3) is 6.24. The minimum atomic E-state index is -0.565. The van der Waals surface area contributed by atoms with Crippen LogP contribution in [0.3, 0.4) is 0 Å². The molecule has 0 radical (unpaired) electrons. The Balaban J connectivity index is 2.12. The minimum Gasteiger partial charge on any atom is -0.497 e. The zero-order chi connectivity index (χ0) is 18.4. The number of ether oxygens (including phenoxy) is 2. The number of aliphatic hydroxyl groups excluding tert-OH is 1. The molecular formula is C20H31NO4. The summed E-state index contributed by atoms with van der Waals surface area (Å²) >= 11 is 0. The molecule has 2 N–H and O–H groups in total. The maximum Gasteiger partial charge on any atom is 0.412 e. The van der Waals surface area contributed by atoms with E-state index in [4.69, 9.17) is 9.47 Å². The Morgan fingerprint density at radius 1 is 1.28 bits per heavy atom. The molecule has 1 aromatic carbocycles. The summed E-state index contributed by atoms with van der Waals surface area (Å²) in [5.41, 5.74) is 0.957. The van der Waals surface area contributed by atoms with Crippen molar-refractivity contribution in [2.45, 2.75) is 71.0 Å². The van der Waals surface area contributed by atoms with Gasteiger partial charge in [-0.25, -0.2) is 4.79 Å². The first-order valence-electron chi connectivity index (χ1n) is 9.13. The summed E-state index contributed by atoms with van der Waals surface area (Å²) in [7, 11) is 1.59. The van der Waals surface area contributed by atoms with E-state index in [-0.39, 0.29) is 0 Å². The second kappa shape index (κ2) is 8.56. The van der Waals surface area contributed by atoms with E-state index in [9.17, 15) is 9.90 Å². The molecule has 0 aromatic heterocycles. The van der Waals surface area contributed by atoms with E-state index in [0.717, 1.165) is 18.4 Å². The number of hydrogen-bond donors (Lipinski definition) is 2. The molecule has 5 heteroatoms. The van der Waals surface area contributed by atoms with Gasteiger partial charge in [0, 0.05) is 12.5 Å². The fraction of sp³-hybridized carbons (Fsp3) is 0.650. The van der Waals surface area contributed by atoms with Crippen LogP contribution >= 0.6 is 0 Å². The number of hydrogen-bond acceptors (Lipinski definition) is 4. The zero-order valence-corrected chi connectivity index (χ0v) is 15.8. The van der Waals surface area contributed by atoms with Gasteiger partial charge in [0.2, 0.25) is 0 Å². The van der Waals surface area contributed by atoms with Crippen LogP contribution in [0.2, 0.25) is 0 Å². The molecule has 1 amide bonds. The lowest BCUT2D eigenvalue weighted by Crippen LogP contribution is -2.28. The fourth-order valence-electron chi connectivity index (χ4n) is 3.30. The Kier molecular flexibility index (Phi) is 6.71. The highest BCUT2D eigenvalue weighted by molar-refractivity contribution is 5.86. The molecule has 1 saturated carbocycles. The number of nitrogens with one attached hydrogen (secondary N) is 1. The van der Waals surface area contributed by atoms with Crippen molar-refractivity contribution in [3.8, 4) is 5.75 Å². The van der Waals surface area contributed by atoms with Crippen molar-refractivity contribution in [2.75, 3.05) is 12.4 Å². The van der Waals surface area contributed by atoms with E-state index >= 15 is 0 Å². The van der Waals surface area contributed by atoms with E-state index in [1.807, 2.05) is 32.9 Å². The van der Waals surface area contributed by atoms with Crippen molar-refractivity contribution >= 4 is 11.8 Å². The largest absolute Gasteiger partial charge is 0.497 e. The summed E-state index contributed by atoms with van der Waals surface area (Å²) in [5.74, 6) is 0.993. The van der Waals surface area contributed by atoms with Gasteiger partial charge in [-0.15, -0.1) is 0 Å². The molecule has 1 fully saturated rings. The van der Waals surface area contributed by atoms with E-state index in [1.54, 1.807) is 13.2 Å². The molecule has 2 rings (SSSR count). The normalized spacial score (nSPS) is 17.0. The predicted molar refractivity (Wildman–Crippen MR) is 99.1 cm³/mol. The lowest BCUT2D eigenvalue weighted by molar-refractivity contribution is 0.0634. The highest BCUT2D eigenvalue weighted by Crippen LogP contribution is 2.30. The summed E-state index contributed by atoms with van der Waals surface area (Å²) in [4.78, 5) is 12.1. The fourth-order valence-corrected chi connectivity index (χ4v) is 3.30. The number of carbonyl (C=O) groups excluding carboxylic acids is 1. The van der Waals surface area contributed by atoms with Crippen molar-refractivity contribution < 1.29 is 19.4 Å². The molecule has 25 heavy (non-hydrogen) atoms. The molecule has 0 aliphatic heterocycles. The second-order valence-corrected chi connectivity index (χ2v) is 7.82. The first kappa shape index (κ1) is 19.6. The van der Waals surface area contributed by atoms with Crippen LogP contribution in [0.15, 0.2) is 18.2 Å². The third-order valence-corrected chi connectivity index (χ3v) is 4.58. The monoisotopic (exact) mass is 349 g/mol. The SMILES string of the molecule is COc1ccc(CC(O)C2CCCCC2)c(NC(=O)OC(C)(C)C)c1. The molecule has 1 atom stereocenters. The second-order valence-electron chi connectivity index (χ2n) is 7.82. The van der Waals surface area contributed by atoms with Gasteiger partial charge in [-0.05, 0) is 51.2 Å². The number of aliphatic hydroxyl groups is 1. The maximum atomic E-state index is 12.1. The number of benzene rings is 1. The van der Waals surface area contributed by atoms with Crippen molar-refractivity contribution in [3.63, 3.8) is 0 Å². The molecule has 140 valence electrons. The van der Waals surface area contributed by atoms with Crippen LogP contribution in [-0.4, -0.2) is 30.0 Å². The molecule has 1 aliphatic carbocycles. The lowest BCUT2D eigenvalue weighted by Gasteiger charge is -2.27. The summed E-state index contributed by atoms with van der Waals surface area (Å²) in [6.45, 7) is 5.48. The first-order chi connectivity index (χ1) is 11.8. The smallest absolute Gasteiger partial charge is 0.412 e. The van der Waals surface area contributed by atoms with Crippen molar-refractivity contribution in [2.24, 2.45) is 5.92 Å². The number of carbonyl (C=O) groups is 1. The van der Waals surface area contributed by atoms with E-state index in [0.29, 0.717) is 23.8 Å². The van der Waals surface area contributed by atoms with Gasteiger partial charge in [0.15, 0.2) is 0 Å². The lowest BCUT2D eigenvalue weighted by atomic mass is 9.83. The first-order valence-corrected chi connectivity index (χ1v) is 9.13. The van der Waals surface area contributed by atoms with Crippen molar-refractivity contribution in [1.29, 1.82) is 0 Å². The number of methoxy groups -OCH3 is 1. The van der Waals surface area contributed by atoms with Crippen LogP contribution in [0.1, 0.15) is 58.4 Å². The standard InChI is InChI=1S/C20H31NO4/c1-20(2,3)25-19(23)21-17-13-16(24-4)11-10-15(17)12-18(22)14-8-6-5-7-9-14/h10-11,13-14,18,22H,5-9,12H2,1-4H3,(H,21,23). The average Bonchev–Trinajstić information content (AvgIpc) is 2.55. The van der Waals surface area contributed by atoms with Gasteiger partial charge in [-0.2, -0.15) is 0 Å². The molecule has 0 spiro atoms. The van der Waals surface area contributed by atoms with Gasteiger partial charge >= 0.3 is 6.09 Å². The molecule has 1 aliphatic rings. The average molecular weight is 349 g/mol. The number of rotatable bonds is 5. The number of amides is 1. The van der Waals surface area contributed by atoms with Crippen LogP contribution in [0.5, 0.6) is 5.75 Å². The molecule has 0 heterocycles. The zero-order valence-electron chi connectivity index (χ0n) is 15.8. The highest BCUT2D eigenvalue weighted by atomic mass is 16.6. The molecule has 1 unspecified atom stereocenters. The third-order valence-electron chi connectivity index (χ3n) is 4.58. The van der Waals surface area contributed by atoms with Gasteiger partial charge in [0.25, 0.3) is 0 Å². The quantitative estimate of drug-likeness (QED) is 0.820. The Morgan fingerprint density at radius 3 is 2.56 bits per heavy atom. The van der Waals surface area contributed by atoms with E-state index < -0.39 is 17.8 Å². The molecular weight excluding hydrogens is 318 g/mol. The Bertz CT molecular complexity index is 574. The van der Waals surface area contributed by atoms with Gasteiger partial charge in [-0.1, -0.05) is 25.3 Å². The summed E-state index contributed by atoms with van der Waals surface area (Å²) < 4.78 is 10.6. The van der Waals surface area contributed by atoms with Crippen molar-refractivity contribution in [3.05, 3.63) is 23.8 Å². The maximum absolute atomic E-state index is 12.1. The van der Waals surface area contributed by atoms with Crippen molar-refractivity contribution in [1.82, 2.24) is 0 Å².